The number of carbonyl (C=O) groups is 1. The van der Waals surface area contributed by atoms with Gasteiger partial charge >= 0.3 is 0 Å². The van der Waals surface area contributed by atoms with Crippen molar-refractivity contribution in [1.29, 1.82) is 0 Å². The molecule has 1 aromatic carbocycles. The summed E-state index contributed by atoms with van der Waals surface area (Å²) in [5.41, 5.74) is 2.58. The van der Waals surface area contributed by atoms with E-state index in [0.29, 0.717) is 22.2 Å². The molecule has 1 atom stereocenters. The number of hydrogen-bond acceptors (Lipinski definition) is 3. The van der Waals surface area contributed by atoms with E-state index in [2.05, 4.69) is 15.5 Å². The van der Waals surface area contributed by atoms with Gasteiger partial charge in [0, 0.05) is 39.2 Å². The van der Waals surface area contributed by atoms with Crippen molar-refractivity contribution in [1.82, 2.24) is 10.2 Å². The maximum Gasteiger partial charge on any atom is 0.276 e. The Morgan fingerprint density at radius 1 is 1.41 bits per heavy atom. The van der Waals surface area contributed by atoms with Crippen LogP contribution in [0.5, 0.6) is 0 Å². The lowest BCUT2D eigenvalue weighted by molar-refractivity contribution is 0.102. The van der Waals surface area contributed by atoms with Gasteiger partial charge in [-0.05, 0) is 35.7 Å². The number of H-pyrrole nitrogens is 1. The van der Waals surface area contributed by atoms with E-state index in [-0.39, 0.29) is 11.8 Å². The molecule has 0 bridgehead atoms. The monoisotopic (exact) mass is 339 g/mol. The molecule has 0 spiro atoms. The number of carbonyl (C=O) groups excluding carboxylic acids is 1. The zero-order chi connectivity index (χ0) is 16.3. The quantitative estimate of drug-likeness (QED) is 0.877. The highest BCUT2D eigenvalue weighted by molar-refractivity contribution is 7.83. The second-order valence-electron chi connectivity index (χ2n) is 5.34. The number of amides is 1. The fourth-order valence-electron chi connectivity index (χ4n) is 1.93. The minimum Gasteiger partial charge on any atom is -0.321 e. The Kier molecular flexibility index (Phi) is 5.37. The van der Waals surface area contributed by atoms with Crippen LogP contribution in [0.2, 0.25) is 5.02 Å². The molecule has 2 N–H and O–H groups in total. The highest BCUT2D eigenvalue weighted by Crippen LogP contribution is 2.22. The molecule has 0 aliphatic rings. The first kappa shape index (κ1) is 16.7. The molecule has 0 aliphatic carbocycles. The van der Waals surface area contributed by atoms with Gasteiger partial charge in [-0.25, -0.2) is 0 Å². The highest BCUT2D eigenvalue weighted by atomic mass is 35.5. The van der Waals surface area contributed by atoms with Gasteiger partial charge in [0.25, 0.3) is 5.91 Å². The fraction of sp³-hybridized carbons (Fsp3) is 0.333. The summed E-state index contributed by atoms with van der Waals surface area (Å²) in [6, 6.07) is 6.86. The number of aromatic nitrogens is 2. The largest absolute Gasteiger partial charge is 0.321 e. The summed E-state index contributed by atoms with van der Waals surface area (Å²) in [5, 5.41) is 10.2. The standard InChI is InChI=1S/C15H18ClN3O2S/c1-9(2)13-7-14(19-18-13)15(20)17-11-4-5-12(16)10(6-11)8-22(3)21/h4-7,9H,8H2,1-3H3,(H,17,20)(H,18,19)/t22-/m0/s1. The Hall–Kier alpha value is -1.66. The van der Waals surface area contributed by atoms with Gasteiger partial charge in [0.15, 0.2) is 5.69 Å². The van der Waals surface area contributed by atoms with Crippen LogP contribution in [0.4, 0.5) is 5.69 Å². The smallest absolute Gasteiger partial charge is 0.276 e. The molecule has 1 heterocycles. The molecule has 2 aromatic rings. The van der Waals surface area contributed by atoms with E-state index in [0.717, 1.165) is 11.3 Å². The van der Waals surface area contributed by atoms with Crippen molar-refractivity contribution in [2.45, 2.75) is 25.5 Å². The number of halogens is 1. The first-order valence-electron chi connectivity index (χ1n) is 6.82. The van der Waals surface area contributed by atoms with Gasteiger partial charge in [0.05, 0.1) is 0 Å². The lowest BCUT2D eigenvalue weighted by atomic mass is 10.1. The Morgan fingerprint density at radius 2 is 2.14 bits per heavy atom. The molecule has 7 heteroatoms. The Balaban J connectivity index is 2.15. The number of nitrogens with one attached hydrogen (secondary N) is 2. The molecule has 1 amide bonds. The molecule has 0 aliphatic heterocycles. The van der Waals surface area contributed by atoms with Gasteiger partial charge in [-0.3, -0.25) is 14.1 Å². The van der Waals surface area contributed by atoms with Crippen LogP contribution in [-0.4, -0.2) is 26.6 Å². The molecular formula is C15H18ClN3O2S. The zero-order valence-corrected chi connectivity index (χ0v) is 14.2. The van der Waals surface area contributed by atoms with Gasteiger partial charge in [-0.2, -0.15) is 5.10 Å². The van der Waals surface area contributed by atoms with Crippen molar-refractivity contribution < 1.29 is 9.00 Å². The molecule has 2 rings (SSSR count). The number of rotatable bonds is 5. The number of benzene rings is 1. The van der Waals surface area contributed by atoms with Gasteiger partial charge in [0.1, 0.15) is 0 Å². The highest BCUT2D eigenvalue weighted by Gasteiger charge is 2.13. The summed E-state index contributed by atoms with van der Waals surface area (Å²) in [7, 11) is -1.00. The number of aromatic amines is 1. The maximum absolute atomic E-state index is 12.2. The van der Waals surface area contributed by atoms with E-state index >= 15 is 0 Å². The summed E-state index contributed by atoms with van der Waals surface area (Å²) in [4.78, 5) is 12.2. The van der Waals surface area contributed by atoms with E-state index in [1.807, 2.05) is 13.8 Å². The molecule has 0 saturated carbocycles. The van der Waals surface area contributed by atoms with Gasteiger partial charge in [-0.1, -0.05) is 25.4 Å². The lowest BCUT2D eigenvalue weighted by Gasteiger charge is -2.07. The predicted molar refractivity (Wildman–Crippen MR) is 89.9 cm³/mol. The average molecular weight is 340 g/mol. The predicted octanol–water partition coefficient (Wildman–Crippen LogP) is 3.32. The molecular weight excluding hydrogens is 322 g/mol. The van der Waals surface area contributed by atoms with Crippen LogP contribution in [0.25, 0.3) is 0 Å². The SMILES string of the molecule is CC(C)c1cc(C(=O)Nc2ccc(Cl)c(C[S@](C)=O)c2)n[nH]1. The Labute approximate surface area is 136 Å². The third-order valence-electron chi connectivity index (χ3n) is 3.11. The molecule has 0 radical (unpaired) electrons. The van der Waals surface area contributed by atoms with Gasteiger partial charge in [0.2, 0.25) is 0 Å². The van der Waals surface area contributed by atoms with Crippen molar-refractivity contribution in [3.05, 3.63) is 46.2 Å². The number of anilines is 1. The zero-order valence-electron chi connectivity index (χ0n) is 12.6. The lowest BCUT2D eigenvalue weighted by Crippen LogP contribution is -2.12. The summed E-state index contributed by atoms with van der Waals surface area (Å²) >= 11 is 6.07. The van der Waals surface area contributed by atoms with Gasteiger partial charge in [-0.15, -0.1) is 0 Å². The van der Waals surface area contributed by atoms with E-state index in [9.17, 15) is 9.00 Å². The molecule has 118 valence electrons. The van der Waals surface area contributed by atoms with Crippen molar-refractivity contribution >= 4 is 34.0 Å². The van der Waals surface area contributed by atoms with Crippen LogP contribution in [0.1, 0.15) is 41.5 Å². The molecule has 5 nitrogen and oxygen atoms in total. The van der Waals surface area contributed by atoms with Crippen molar-refractivity contribution in [3.8, 4) is 0 Å². The third kappa shape index (κ3) is 4.18. The fourth-order valence-corrected chi connectivity index (χ4v) is 2.87. The first-order valence-corrected chi connectivity index (χ1v) is 8.92. The maximum atomic E-state index is 12.2. The van der Waals surface area contributed by atoms with Crippen LogP contribution in [0, 0.1) is 0 Å². The molecule has 22 heavy (non-hydrogen) atoms. The van der Waals surface area contributed by atoms with Crippen LogP contribution >= 0.6 is 11.6 Å². The van der Waals surface area contributed by atoms with Crippen LogP contribution in [0.15, 0.2) is 24.3 Å². The molecule has 1 aromatic heterocycles. The molecule has 0 fully saturated rings. The van der Waals surface area contributed by atoms with Crippen LogP contribution in [-0.2, 0) is 16.6 Å². The van der Waals surface area contributed by atoms with Crippen molar-refractivity contribution in [2.75, 3.05) is 11.6 Å². The average Bonchev–Trinajstić information content (AvgIpc) is 2.92. The minimum absolute atomic E-state index is 0.274. The second-order valence-corrected chi connectivity index (χ2v) is 7.18. The van der Waals surface area contributed by atoms with Crippen molar-refractivity contribution in [3.63, 3.8) is 0 Å². The van der Waals surface area contributed by atoms with E-state index in [4.69, 9.17) is 11.6 Å². The van der Waals surface area contributed by atoms with E-state index < -0.39 is 10.8 Å². The minimum atomic E-state index is -1.00. The summed E-state index contributed by atoms with van der Waals surface area (Å²) in [5.74, 6) is 0.326. The number of nitrogens with zero attached hydrogens (tertiary/aromatic N) is 1. The Bertz CT molecular complexity index is 713. The van der Waals surface area contributed by atoms with Gasteiger partial charge < -0.3 is 5.32 Å². The topological polar surface area (TPSA) is 74.8 Å². The molecule has 0 saturated heterocycles. The first-order chi connectivity index (χ1) is 10.4. The summed E-state index contributed by atoms with van der Waals surface area (Å²) < 4.78 is 11.3. The normalized spacial score (nSPS) is 12.4. The summed E-state index contributed by atoms with van der Waals surface area (Å²) in [6.45, 7) is 4.04. The van der Waals surface area contributed by atoms with E-state index in [1.165, 1.54) is 0 Å². The molecule has 0 unspecified atom stereocenters. The van der Waals surface area contributed by atoms with E-state index in [1.54, 1.807) is 30.5 Å². The third-order valence-corrected chi connectivity index (χ3v) is 4.20. The Morgan fingerprint density at radius 3 is 2.73 bits per heavy atom. The number of hydrogen-bond donors (Lipinski definition) is 2. The van der Waals surface area contributed by atoms with Crippen LogP contribution in [0.3, 0.4) is 0 Å². The second kappa shape index (κ2) is 7.07. The van der Waals surface area contributed by atoms with Crippen LogP contribution < -0.4 is 5.32 Å². The van der Waals surface area contributed by atoms with Crippen molar-refractivity contribution in [2.24, 2.45) is 0 Å². The summed E-state index contributed by atoms with van der Waals surface area (Å²) in [6.07, 6.45) is 1.61.